The Morgan fingerprint density at radius 2 is 2.12 bits per heavy atom. The van der Waals surface area contributed by atoms with Crippen molar-refractivity contribution in [2.45, 2.75) is 13.0 Å². The lowest BCUT2D eigenvalue weighted by molar-refractivity contribution is -0.0501. The summed E-state index contributed by atoms with van der Waals surface area (Å²) >= 11 is 3.93. The molecule has 0 spiro atoms. The third-order valence-corrected chi connectivity index (χ3v) is 1.87. The Morgan fingerprint density at radius 3 is 2.75 bits per heavy atom. The van der Waals surface area contributed by atoms with Crippen molar-refractivity contribution < 1.29 is 17.9 Å². The van der Waals surface area contributed by atoms with Gasteiger partial charge in [-0.05, 0) is 12.1 Å². The predicted molar refractivity (Wildman–Crippen MR) is 58.4 cm³/mol. The molecule has 5 heteroatoms. The van der Waals surface area contributed by atoms with E-state index in [1.807, 2.05) is 0 Å². The van der Waals surface area contributed by atoms with Gasteiger partial charge in [-0.25, -0.2) is 4.39 Å². The Balaban J connectivity index is 3.00. The van der Waals surface area contributed by atoms with E-state index in [1.165, 1.54) is 12.1 Å². The minimum atomic E-state index is -2.99. The molecule has 0 heterocycles. The highest BCUT2D eigenvalue weighted by molar-refractivity contribution is 7.80. The zero-order valence-corrected chi connectivity index (χ0v) is 9.11. The van der Waals surface area contributed by atoms with Crippen LogP contribution in [0.1, 0.15) is 12.0 Å². The van der Waals surface area contributed by atoms with Crippen LogP contribution < -0.4 is 4.74 Å². The average molecular weight is 246 g/mol. The van der Waals surface area contributed by atoms with Crippen LogP contribution in [-0.2, 0) is 0 Å². The summed E-state index contributed by atoms with van der Waals surface area (Å²) in [7, 11) is 0. The van der Waals surface area contributed by atoms with E-state index in [1.54, 1.807) is 0 Å². The van der Waals surface area contributed by atoms with Crippen molar-refractivity contribution >= 4 is 12.6 Å². The first-order chi connectivity index (χ1) is 7.65. The fraction of sp³-hybridized carbons (Fsp3) is 0.273. The number of hydrogen-bond acceptors (Lipinski definition) is 2. The quantitative estimate of drug-likeness (QED) is 0.637. The van der Waals surface area contributed by atoms with Gasteiger partial charge in [-0.15, -0.1) is 0 Å². The number of hydrogen-bond donors (Lipinski definition) is 1. The number of alkyl halides is 2. The number of halogens is 3. The van der Waals surface area contributed by atoms with Crippen LogP contribution >= 0.6 is 12.6 Å². The smallest absolute Gasteiger partial charge is 0.387 e. The monoisotopic (exact) mass is 246 g/mol. The van der Waals surface area contributed by atoms with Crippen LogP contribution in [0.3, 0.4) is 0 Å². The van der Waals surface area contributed by atoms with E-state index < -0.39 is 12.4 Å². The van der Waals surface area contributed by atoms with E-state index >= 15 is 0 Å². The van der Waals surface area contributed by atoms with Gasteiger partial charge < -0.3 is 4.74 Å². The first-order valence-electron chi connectivity index (χ1n) is 4.48. The molecule has 1 aromatic carbocycles. The minimum Gasteiger partial charge on any atom is -0.433 e. The van der Waals surface area contributed by atoms with E-state index in [-0.39, 0.29) is 11.3 Å². The average Bonchev–Trinajstić information content (AvgIpc) is 2.21. The number of ether oxygens (including phenoxy) is 1. The zero-order chi connectivity index (χ0) is 12.0. The van der Waals surface area contributed by atoms with Crippen molar-refractivity contribution in [3.8, 4) is 17.6 Å². The molecule has 0 aromatic heterocycles. The summed E-state index contributed by atoms with van der Waals surface area (Å²) in [6, 6.07) is 3.68. The summed E-state index contributed by atoms with van der Waals surface area (Å²) in [5.41, 5.74) is -0.149. The molecule has 16 heavy (non-hydrogen) atoms. The third-order valence-electron chi connectivity index (χ3n) is 1.64. The van der Waals surface area contributed by atoms with Gasteiger partial charge in [-0.2, -0.15) is 21.4 Å². The van der Waals surface area contributed by atoms with Crippen LogP contribution in [0, 0.1) is 17.7 Å². The van der Waals surface area contributed by atoms with Crippen molar-refractivity contribution in [3.63, 3.8) is 0 Å². The Morgan fingerprint density at radius 1 is 1.38 bits per heavy atom. The molecule has 0 radical (unpaired) electrons. The molecular formula is C11H9F3OS. The lowest BCUT2D eigenvalue weighted by Gasteiger charge is -2.06. The zero-order valence-electron chi connectivity index (χ0n) is 8.21. The summed E-state index contributed by atoms with van der Waals surface area (Å²) in [5, 5.41) is 0. The number of rotatable bonds is 3. The highest BCUT2D eigenvalue weighted by Gasteiger charge is 2.11. The molecule has 0 atom stereocenters. The van der Waals surface area contributed by atoms with Crippen molar-refractivity contribution in [3.05, 3.63) is 29.6 Å². The summed E-state index contributed by atoms with van der Waals surface area (Å²) in [6.07, 6.45) is 0.450. The maximum absolute atomic E-state index is 13.3. The van der Waals surface area contributed by atoms with Crippen molar-refractivity contribution in [1.29, 1.82) is 0 Å². The van der Waals surface area contributed by atoms with E-state index in [0.717, 1.165) is 6.07 Å². The SMILES string of the molecule is Fc1cccc(OC(F)F)c1C#CCCS. The molecular weight excluding hydrogens is 237 g/mol. The van der Waals surface area contributed by atoms with Crippen LogP contribution in [0.2, 0.25) is 0 Å². The van der Waals surface area contributed by atoms with Gasteiger partial charge in [0.05, 0.1) is 0 Å². The first kappa shape index (κ1) is 12.8. The second-order valence-corrected chi connectivity index (χ2v) is 3.21. The van der Waals surface area contributed by atoms with Gasteiger partial charge >= 0.3 is 6.61 Å². The molecule has 0 N–H and O–H groups in total. The number of benzene rings is 1. The molecule has 0 saturated carbocycles. The van der Waals surface area contributed by atoms with Gasteiger partial charge in [-0.1, -0.05) is 17.9 Å². The Hall–Kier alpha value is -1.28. The molecule has 0 bridgehead atoms. The van der Waals surface area contributed by atoms with Crippen molar-refractivity contribution in [2.75, 3.05) is 5.75 Å². The Kier molecular flexibility index (Phi) is 5.06. The van der Waals surface area contributed by atoms with Crippen LogP contribution in [0.15, 0.2) is 18.2 Å². The highest BCUT2D eigenvalue weighted by Crippen LogP contribution is 2.22. The molecule has 1 aromatic rings. The second kappa shape index (κ2) is 6.33. The molecule has 0 amide bonds. The third kappa shape index (κ3) is 3.70. The fourth-order valence-corrected chi connectivity index (χ4v) is 1.14. The molecule has 0 aliphatic carbocycles. The van der Waals surface area contributed by atoms with Crippen LogP contribution in [0.5, 0.6) is 5.75 Å². The Labute approximate surface area is 97.0 Å². The summed E-state index contributed by atoms with van der Waals surface area (Å²) in [6.45, 7) is -2.99. The van der Waals surface area contributed by atoms with Crippen LogP contribution in [0.4, 0.5) is 13.2 Å². The molecule has 0 saturated heterocycles. The van der Waals surface area contributed by atoms with Gasteiger partial charge in [0.1, 0.15) is 17.1 Å². The summed E-state index contributed by atoms with van der Waals surface area (Å²) in [4.78, 5) is 0. The van der Waals surface area contributed by atoms with Crippen LogP contribution in [-0.4, -0.2) is 12.4 Å². The lowest BCUT2D eigenvalue weighted by atomic mass is 10.2. The van der Waals surface area contributed by atoms with Crippen molar-refractivity contribution in [2.24, 2.45) is 0 Å². The first-order valence-corrected chi connectivity index (χ1v) is 5.11. The van der Waals surface area contributed by atoms with Gasteiger partial charge in [-0.3, -0.25) is 0 Å². The van der Waals surface area contributed by atoms with Gasteiger partial charge in [0, 0.05) is 12.2 Å². The fourth-order valence-electron chi connectivity index (χ4n) is 1.03. The van der Waals surface area contributed by atoms with Gasteiger partial charge in [0.2, 0.25) is 0 Å². The minimum absolute atomic E-state index is 0.149. The second-order valence-electron chi connectivity index (χ2n) is 2.77. The standard InChI is InChI=1S/C11H9F3OS/c12-9-5-3-6-10(15-11(13)14)8(9)4-1-2-7-16/h3,5-6,11,16H,2,7H2. The van der Waals surface area contributed by atoms with E-state index in [4.69, 9.17) is 0 Å². The van der Waals surface area contributed by atoms with E-state index in [0.29, 0.717) is 12.2 Å². The molecule has 0 aliphatic heterocycles. The maximum Gasteiger partial charge on any atom is 0.387 e. The molecule has 0 fully saturated rings. The Bertz CT molecular complexity index is 409. The van der Waals surface area contributed by atoms with Crippen LogP contribution in [0.25, 0.3) is 0 Å². The van der Waals surface area contributed by atoms with E-state index in [2.05, 4.69) is 29.2 Å². The normalized spacial score (nSPS) is 9.81. The van der Waals surface area contributed by atoms with Gasteiger partial charge in [0.25, 0.3) is 0 Å². The number of thiol groups is 1. The summed E-state index contributed by atoms with van der Waals surface area (Å²) in [5.74, 6) is 4.67. The van der Waals surface area contributed by atoms with E-state index in [9.17, 15) is 13.2 Å². The van der Waals surface area contributed by atoms with Gasteiger partial charge in [0.15, 0.2) is 0 Å². The molecule has 1 nitrogen and oxygen atoms in total. The maximum atomic E-state index is 13.3. The highest BCUT2D eigenvalue weighted by atomic mass is 32.1. The molecule has 86 valence electrons. The largest absolute Gasteiger partial charge is 0.433 e. The topological polar surface area (TPSA) is 9.23 Å². The lowest BCUT2D eigenvalue weighted by Crippen LogP contribution is -2.04. The predicted octanol–water partition coefficient (Wildman–Crippen LogP) is 3.10. The molecule has 1 rings (SSSR count). The van der Waals surface area contributed by atoms with Crippen molar-refractivity contribution in [1.82, 2.24) is 0 Å². The summed E-state index contributed by atoms with van der Waals surface area (Å²) < 4.78 is 41.5. The molecule has 0 aliphatic rings. The molecule has 0 unspecified atom stereocenters.